The van der Waals surface area contributed by atoms with Gasteiger partial charge in [0.2, 0.25) is 5.91 Å². The van der Waals surface area contributed by atoms with Crippen molar-refractivity contribution < 1.29 is 49.0 Å². The smallest absolute Gasteiger partial charge is 0.478 e. The number of anilines is 1. The van der Waals surface area contributed by atoms with E-state index in [1.807, 2.05) is 11.8 Å². The summed E-state index contributed by atoms with van der Waals surface area (Å²) in [7, 11) is 0. The fraction of sp³-hybridized carbons (Fsp3) is 0.471. The Labute approximate surface area is 178 Å². The fourth-order valence-corrected chi connectivity index (χ4v) is 4.74. The maximum absolute atomic E-state index is 12.0. The van der Waals surface area contributed by atoms with Crippen LogP contribution in [-0.2, 0) is 4.79 Å². The minimum absolute atomic E-state index is 0. The van der Waals surface area contributed by atoms with Crippen LogP contribution in [0.3, 0.4) is 0 Å². The Kier molecular flexibility index (Phi) is 7.82. The van der Waals surface area contributed by atoms with Gasteiger partial charge in [0, 0.05) is 23.1 Å². The van der Waals surface area contributed by atoms with Crippen LogP contribution in [0, 0.1) is 0 Å². The van der Waals surface area contributed by atoms with Gasteiger partial charge in [-0.15, -0.1) is 0 Å². The molecule has 3 rings (SSSR count). The Bertz CT molecular complexity index is 670. The number of hydrogen-bond donors (Lipinski definition) is 4. The number of rotatable bonds is 7. The number of unbranched alkanes of at least 4 members (excludes halogenated alkanes) is 1. The van der Waals surface area contributed by atoms with E-state index in [1.54, 1.807) is 12.1 Å². The molecule has 2 aliphatic heterocycles. The number of fused-ring (bicyclic) bond motifs is 1. The normalized spacial score (nSPS) is 23.4. The van der Waals surface area contributed by atoms with Crippen LogP contribution >= 0.6 is 11.8 Å². The molecule has 4 N–H and O–H groups in total. The fourth-order valence-electron chi connectivity index (χ4n) is 3.19. The predicted molar refractivity (Wildman–Crippen MR) is 96.0 cm³/mol. The zero-order chi connectivity index (χ0) is 17.8. The SMILES string of the molecule is O=C(CCCC[C@@H]1SC[C@@H]2NC(=O)N[C@@H]21)Nc1ccc(C(=O)O)cc1.[Na+]. The number of carboxylic acids is 1. The first-order chi connectivity index (χ1) is 12.0. The van der Waals surface area contributed by atoms with Crippen molar-refractivity contribution in [3.05, 3.63) is 29.8 Å². The van der Waals surface area contributed by atoms with Gasteiger partial charge in [0.25, 0.3) is 0 Å². The van der Waals surface area contributed by atoms with Gasteiger partial charge in [-0.05, 0) is 37.1 Å². The third-order valence-electron chi connectivity index (χ3n) is 4.50. The number of benzene rings is 1. The number of aromatic carboxylic acids is 1. The van der Waals surface area contributed by atoms with E-state index in [1.165, 1.54) is 12.1 Å². The van der Waals surface area contributed by atoms with Gasteiger partial charge in [0.1, 0.15) is 0 Å². The summed E-state index contributed by atoms with van der Waals surface area (Å²) in [5.41, 5.74) is 0.794. The molecular formula is C17H21N3NaO4S+. The van der Waals surface area contributed by atoms with Gasteiger partial charge in [-0.3, -0.25) is 4.79 Å². The number of amides is 3. The second-order valence-electron chi connectivity index (χ2n) is 6.30. The van der Waals surface area contributed by atoms with Crippen molar-refractivity contribution in [2.45, 2.75) is 43.0 Å². The number of thioether (sulfide) groups is 1. The minimum atomic E-state index is -0.987. The molecule has 26 heavy (non-hydrogen) atoms. The average Bonchev–Trinajstić information content (AvgIpc) is 3.11. The third-order valence-corrected chi connectivity index (χ3v) is 6.00. The van der Waals surface area contributed by atoms with Crippen LogP contribution in [0.2, 0.25) is 0 Å². The average molecular weight is 386 g/mol. The molecule has 0 aromatic heterocycles. The number of carbonyl (C=O) groups is 3. The number of carbonyl (C=O) groups excluding carboxylic acids is 2. The maximum Gasteiger partial charge on any atom is 1.00 e. The first kappa shape index (κ1) is 21.1. The molecule has 134 valence electrons. The summed E-state index contributed by atoms with van der Waals surface area (Å²) in [5, 5.41) is 17.9. The largest absolute Gasteiger partial charge is 1.00 e. The van der Waals surface area contributed by atoms with E-state index >= 15 is 0 Å². The van der Waals surface area contributed by atoms with Gasteiger partial charge in [0.05, 0.1) is 17.6 Å². The molecule has 9 heteroatoms. The summed E-state index contributed by atoms with van der Waals surface area (Å²) in [6.45, 7) is 0. The molecule has 3 amide bonds. The summed E-state index contributed by atoms with van der Waals surface area (Å²) in [6, 6.07) is 6.48. The van der Waals surface area contributed by atoms with Crippen molar-refractivity contribution in [3.63, 3.8) is 0 Å². The van der Waals surface area contributed by atoms with Crippen molar-refractivity contribution >= 4 is 35.4 Å². The molecule has 2 fully saturated rings. The van der Waals surface area contributed by atoms with Crippen molar-refractivity contribution in [2.24, 2.45) is 0 Å². The van der Waals surface area contributed by atoms with Crippen molar-refractivity contribution in [1.29, 1.82) is 0 Å². The van der Waals surface area contributed by atoms with Crippen molar-refractivity contribution in [3.8, 4) is 0 Å². The molecule has 0 aliphatic carbocycles. The minimum Gasteiger partial charge on any atom is -0.478 e. The molecule has 1 aromatic rings. The summed E-state index contributed by atoms with van der Waals surface area (Å²) in [6.07, 6.45) is 3.13. The van der Waals surface area contributed by atoms with Crippen LogP contribution in [0.15, 0.2) is 24.3 Å². The number of hydrogen-bond acceptors (Lipinski definition) is 4. The van der Waals surface area contributed by atoms with Crippen LogP contribution in [0.4, 0.5) is 10.5 Å². The maximum atomic E-state index is 12.0. The van der Waals surface area contributed by atoms with Gasteiger partial charge >= 0.3 is 41.6 Å². The Morgan fingerprint density at radius 2 is 1.92 bits per heavy atom. The van der Waals surface area contributed by atoms with Crippen LogP contribution in [0.5, 0.6) is 0 Å². The molecule has 0 radical (unpaired) electrons. The summed E-state index contributed by atoms with van der Waals surface area (Å²) >= 11 is 1.88. The molecule has 2 heterocycles. The molecular weight excluding hydrogens is 365 g/mol. The summed E-state index contributed by atoms with van der Waals surface area (Å²) in [5.74, 6) is -0.115. The van der Waals surface area contributed by atoms with E-state index in [0.29, 0.717) is 17.4 Å². The van der Waals surface area contributed by atoms with Crippen molar-refractivity contribution in [2.75, 3.05) is 11.1 Å². The topological polar surface area (TPSA) is 108 Å². The predicted octanol–water partition coefficient (Wildman–Crippen LogP) is -0.947. The third kappa shape index (κ3) is 5.39. The van der Waals surface area contributed by atoms with E-state index in [0.717, 1.165) is 25.0 Å². The summed E-state index contributed by atoms with van der Waals surface area (Å²) < 4.78 is 0. The molecule has 0 bridgehead atoms. The molecule has 7 nitrogen and oxygen atoms in total. The first-order valence-corrected chi connectivity index (χ1v) is 9.39. The number of nitrogens with one attached hydrogen (secondary N) is 3. The second-order valence-corrected chi connectivity index (χ2v) is 7.57. The molecule has 1 aromatic carbocycles. The molecule has 0 unspecified atom stereocenters. The van der Waals surface area contributed by atoms with Crippen LogP contribution in [-0.4, -0.2) is 46.1 Å². The zero-order valence-corrected chi connectivity index (χ0v) is 17.5. The van der Waals surface area contributed by atoms with Crippen LogP contribution in [0.1, 0.15) is 36.0 Å². The van der Waals surface area contributed by atoms with Crippen molar-refractivity contribution in [1.82, 2.24) is 10.6 Å². The van der Waals surface area contributed by atoms with Crippen LogP contribution < -0.4 is 45.5 Å². The Morgan fingerprint density at radius 3 is 2.62 bits per heavy atom. The Balaban J connectivity index is 0.00000243. The molecule has 0 spiro atoms. The van der Waals surface area contributed by atoms with E-state index < -0.39 is 5.97 Å². The molecule has 0 saturated carbocycles. The number of carboxylic acid groups (broad SMARTS) is 1. The van der Waals surface area contributed by atoms with Gasteiger partial charge in [-0.1, -0.05) is 6.42 Å². The van der Waals surface area contributed by atoms with Gasteiger partial charge in [-0.25, -0.2) is 9.59 Å². The van der Waals surface area contributed by atoms with E-state index in [4.69, 9.17) is 5.11 Å². The van der Waals surface area contributed by atoms with E-state index in [9.17, 15) is 14.4 Å². The number of urea groups is 1. The quantitative estimate of drug-likeness (QED) is 0.275. The van der Waals surface area contributed by atoms with Crippen LogP contribution in [0.25, 0.3) is 0 Å². The Morgan fingerprint density at radius 1 is 1.19 bits per heavy atom. The summed E-state index contributed by atoms with van der Waals surface area (Å²) in [4.78, 5) is 34.1. The second kappa shape index (κ2) is 9.64. The molecule has 2 aliphatic rings. The van der Waals surface area contributed by atoms with Gasteiger partial charge in [0.15, 0.2) is 0 Å². The van der Waals surface area contributed by atoms with Gasteiger partial charge in [-0.2, -0.15) is 11.8 Å². The first-order valence-electron chi connectivity index (χ1n) is 8.35. The van der Waals surface area contributed by atoms with E-state index in [-0.39, 0.29) is 59.1 Å². The standard InChI is InChI=1S/C17H21N3O4S.Na/c21-14(18-11-7-5-10(6-8-11)16(22)23)4-2-1-3-13-15-12(9-25-13)19-17(24)20-15;/h5-8,12-13,15H,1-4,9H2,(H,18,21)(H,22,23)(H2,19,20,24);/q;+1/t12-,13-,15-;/m0./s1. The monoisotopic (exact) mass is 386 g/mol. The molecule has 3 atom stereocenters. The molecule has 2 saturated heterocycles. The van der Waals surface area contributed by atoms with E-state index in [2.05, 4.69) is 16.0 Å². The Hall–Kier alpha value is -1.22. The van der Waals surface area contributed by atoms with Gasteiger partial charge < -0.3 is 21.1 Å². The zero-order valence-electron chi connectivity index (χ0n) is 14.7.